The number of carboxylic acid groups (broad SMARTS) is 1. The molecule has 1 aliphatic heterocycles. The van der Waals surface area contributed by atoms with E-state index in [9.17, 15) is 14.6 Å². The van der Waals surface area contributed by atoms with E-state index >= 15 is 0 Å². The van der Waals surface area contributed by atoms with Crippen molar-refractivity contribution in [2.45, 2.75) is 18.7 Å². The highest BCUT2D eigenvalue weighted by Gasteiger charge is 2.37. The number of hydrogen-bond acceptors (Lipinski definition) is 6. The maximum atomic E-state index is 12.2. The molecule has 8 heteroatoms. The summed E-state index contributed by atoms with van der Waals surface area (Å²) in [5.74, 6) is -1.61. The first kappa shape index (κ1) is 15.2. The van der Waals surface area contributed by atoms with Crippen LogP contribution < -0.4 is 4.65 Å². The quantitative estimate of drug-likeness (QED) is 0.645. The predicted octanol–water partition coefficient (Wildman–Crippen LogP) is 1.23. The van der Waals surface area contributed by atoms with E-state index in [0.717, 1.165) is 0 Å². The number of ketones is 1. The Bertz CT molecular complexity index is 753. The number of para-hydroxylation sites is 1. The van der Waals surface area contributed by atoms with Crippen molar-refractivity contribution in [2.24, 2.45) is 0 Å². The van der Waals surface area contributed by atoms with E-state index in [4.69, 9.17) is 9.76 Å². The molecular weight excluding hydrogens is 299 g/mol. The minimum absolute atomic E-state index is 0.00258. The van der Waals surface area contributed by atoms with Crippen LogP contribution in [0.5, 0.6) is 5.75 Å². The van der Waals surface area contributed by atoms with Crippen LogP contribution in [0.3, 0.4) is 0 Å². The monoisotopic (exact) mass is 312 g/mol. The zero-order valence-electron chi connectivity index (χ0n) is 12.0. The van der Waals surface area contributed by atoms with Gasteiger partial charge in [0.2, 0.25) is 0 Å². The number of aromatic nitrogens is 2. The zero-order valence-corrected chi connectivity index (χ0v) is 12.0. The molecule has 0 amide bonds. The fourth-order valence-electron chi connectivity index (χ4n) is 2.63. The SMILES string of the molecule is O=C(C[C@H]1Cc2cccc(C(=O)O)c2OB1O)c1cncnc1. The summed E-state index contributed by atoms with van der Waals surface area (Å²) in [6.07, 6.45) is 4.59. The van der Waals surface area contributed by atoms with Crippen molar-refractivity contribution in [3.8, 4) is 5.75 Å². The van der Waals surface area contributed by atoms with Gasteiger partial charge in [-0.1, -0.05) is 12.1 Å². The first-order valence-corrected chi connectivity index (χ1v) is 7.04. The van der Waals surface area contributed by atoms with Crippen LogP contribution in [0.15, 0.2) is 36.9 Å². The van der Waals surface area contributed by atoms with Crippen molar-refractivity contribution in [1.29, 1.82) is 0 Å². The summed E-state index contributed by atoms with van der Waals surface area (Å²) in [4.78, 5) is 31.0. The number of rotatable bonds is 4. The minimum atomic E-state index is -1.24. The third kappa shape index (κ3) is 3.07. The van der Waals surface area contributed by atoms with E-state index in [2.05, 4.69) is 9.97 Å². The van der Waals surface area contributed by atoms with Gasteiger partial charge in [0.1, 0.15) is 12.1 Å². The third-order valence-electron chi connectivity index (χ3n) is 3.78. The molecule has 1 aliphatic rings. The summed E-state index contributed by atoms with van der Waals surface area (Å²) in [5.41, 5.74) is 1.03. The summed E-state index contributed by atoms with van der Waals surface area (Å²) in [5, 5.41) is 19.3. The number of carbonyl (C=O) groups excluding carboxylic acids is 1. The molecule has 0 radical (unpaired) electrons. The van der Waals surface area contributed by atoms with E-state index in [0.29, 0.717) is 17.5 Å². The fourth-order valence-corrected chi connectivity index (χ4v) is 2.63. The van der Waals surface area contributed by atoms with Gasteiger partial charge in [-0.2, -0.15) is 0 Å². The lowest BCUT2D eigenvalue weighted by Gasteiger charge is -2.27. The van der Waals surface area contributed by atoms with Crippen LogP contribution in [-0.2, 0) is 6.42 Å². The first-order chi connectivity index (χ1) is 11.1. The lowest BCUT2D eigenvalue weighted by atomic mass is 9.64. The Labute approximate surface area is 132 Å². The molecule has 1 atom stereocenters. The molecule has 116 valence electrons. The maximum Gasteiger partial charge on any atom is 0.526 e. The number of benzene rings is 1. The Hall–Kier alpha value is -2.74. The standard InChI is InChI=1S/C15H13BN2O5/c19-13(10-6-17-8-18-7-10)5-11-4-9-2-1-3-12(15(20)21)14(9)23-16(11)22/h1-3,6-8,11,22H,4-5H2,(H,20,21)/t11-/m1/s1. The van der Waals surface area contributed by atoms with Crippen molar-refractivity contribution in [2.75, 3.05) is 0 Å². The number of carboxylic acids is 1. The van der Waals surface area contributed by atoms with Gasteiger partial charge < -0.3 is 14.8 Å². The molecule has 3 rings (SSSR count). The molecular formula is C15H13BN2O5. The number of aromatic carboxylic acids is 1. The Morgan fingerprint density at radius 2 is 2.04 bits per heavy atom. The van der Waals surface area contributed by atoms with Crippen molar-refractivity contribution in [3.05, 3.63) is 53.6 Å². The van der Waals surface area contributed by atoms with Gasteiger partial charge >= 0.3 is 13.1 Å². The second-order valence-electron chi connectivity index (χ2n) is 5.33. The average molecular weight is 312 g/mol. The molecule has 0 unspecified atom stereocenters. The van der Waals surface area contributed by atoms with Gasteiger partial charge in [0.05, 0.1) is 11.1 Å². The lowest BCUT2D eigenvalue weighted by Crippen LogP contribution is -2.35. The van der Waals surface area contributed by atoms with Gasteiger partial charge in [0, 0.05) is 24.6 Å². The molecule has 7 nitrogen and oxygen atoms in total. The third-order valence-corrected chi connectivity index (χ3v) is 3.78. The fraction of sp³-hybridized carbons (Fsp3) is 0.200. The Balaban J connectivity index is 1.81. The molecule has 2 heterocycles. The van der Waals surface area contributed by atoms with Crippen LogP contribution in [0.2, 0.25) is 5.82 Å². The molecule has 0 spiro atoms. The summed E-state index contributed by atoms with van der Waals surface area (Å²) < 4.78 is 5.36. The zero-order chi connectivity index (χ0) is 16.4. The van der Waals surface area contributed by atoms with Gasteiger partial charge in [-0.3, -0.25) is 4.79 Å². The molecule has 0 aliphatic carbocycles. The van der Waals surface area contributed by atoms with Crippen LogP contribution in [0.1, 0.15) is 32.7 Å². The number of hydrogen-bond donors (Lipinski definition) is 2. The number of fused-ring (bicyclic) bond motifs is 1. The summed E-state index contributed by atoms with van der Waals surface area (Å²) >= 11 is 0. The number of carbonyl (C=O) groups is 2. The number of Topliss-reactive ketones (excluding diaryl/α,β-unsaturated/α-hetero) is 1. The van der Waals surface area contributed by atoms with Crippen molar-refractivity contribution >= 4 is 18.9 Å². The van der Waals surface area contributed by atoms with Gasteiger partial charge in [0.25, 0.3) is 0 Å². The van der Waals surface area contributed by atoms with Crippen molar-refractivity contribution < 1.29 is 24.4 Å². The van der Waals surface area contributed by atoms with E-state index in [1.807, 2.05) is 0 Å². The van der Waals surface area contributed by atoms with E-state index in [1.165, 1.54) is 24.8 Å². The summed E-state index contributed by atoms with van der Waals surface area (Å²) in [6.45, 7) is 0. The number of nitrogens with zero attached hydrogens (tertiary/aromatic N) is 2. The van der Waals surface area contributed by atoms with Crippen molar-refractivity contribution in [3.63, 3.8) is 0 Å². The Morgan fingerprint density at radius 3 is 2.74 bits per heavy atom. The molecule has 1 aromatic heterocycles. The lowest BCUT2D eigenvalue weighted by molar-refractivity contribution is 0.0693. The highest BCUT2D eigenvalue weighted by Crippen LogP contribution is 2.36. The topological polar surface area (TPSA) is 110 Å². The Morgan fingerprint density at radius 1 is 1.30 bits per heavy atom. The molecule has 0 bridgehead atoms. The molecule has 1 aromatic carbocycles. The van der Waals surface area contributed by atoms with Gasteiger partial charge in [-0.25, -0.2) is 14.8 Å². The maximum absolute atomic E-state index is 12.2. The van der Waals surface area contributed by atoms with Gasteiger partial charge in [0.15, 0.2) is 5.78 Å². The first-order valence-electron chi connectivity index (χ1n) is 7.04. The van der Waals surface area contributed by atoms with Crippen molar-refractivity contribution in [1.82, 2.24) is 9.97 Å². The van der Waals surface area contributed by atoms with Gasteiger partial charge in [-0.15, -0.1) is 0 Å². The average Bonchev–Trinajstić information content (AvgIpc) is 2.55. The largest absolute Gasteiger partial charge is 0.535 e. The van der Waals surface area contributed by atoms with Crippen LogP contribution in [0, 0.1) is 0 Å². The molecule has 23 heavy (non-hydrogen) atoms. The van der Waals surface area contributed by atoms with Crippen LogP contribution in [0.4, 0.5) is 0 Å². The van der Waals surface area contributed by atoms with Crippen LogP contribution in [-0.4, -0.2) is 39.0 Å². The van der Waals surface area contributed by atoms with Crippen LogP contribution >= 0.6 is 0 Å². The molecule has 0 saturated heterocycles. The minimum Gasteiger partial charge on any atom is -0.535 e. The molecule has 2 aromatic rings. The highest BCUT2D eigenvalue weighted by atomic mass is 16.5. The predicted molar refractivity (Wildman–Crippen MR) is 80.4 cm³/mol. The van der Waals surface area contributed by atoms with Crippen LogP contribution in [0.25, 0.3) is 0 Å². The second kappa shape index (κ2) is 6.17. The Kier molecular flexibility index (Phi) is 4.07. The summed E-state index contributed by atoms with van der Waals surface area (Å²) in [6, 6.07) is 4.77. The highest BCUT2D eigenvalue weighted by molar-refractivity contribution is 6.47. The van der Waals surface area contributed by atoms with Gasteiger partial charge in [-0.05, 0) is 18.1 Å². The summed E-state index contributed by atoms with van der Waals surface area (Å²) in [7, 11) is -1.24. The molecule has 0 saturated carbocycles. The van der Waals surface area contributed by atoms with E-state index in [-0.39, 0.29) is 23.5 Å². The smallest absolute Gasteiger partial charge is 0.526 e. The van der Waals surface area contributed by atoms with E-state index in [1.54, 1.807) is 12.1 Å². The van der Waals surface area contributed by atoms with E-state index < -0.39 is 18.9 Å². The second-order valence-corrected chi connectivity index (χ2v) is 5.33. The molecule has 2 N–H and O–H groups in total. The normalized spacial score (nSPS) is 16.4. The molecule has 0 fully saturated rings.